The number of nitrogens with zero attached hydrogens (tertiary/aromatic N) is 6. The molecule has 0 saturated heterocycles. The number of hydrogen-bond acceptors (Lipinski definition) is 14. The number of hydrazone groups is 1. The van der Waals surface area contributed by atoms with Crippen molar-refractivity contribution < 1.29 is 43.6 Å². The molecule has 0 unspecified atom stereocenters. The number of methoxy groups -OCH3 is 1. The number of nitrogens with two attached hydrogens (primary N) is 2. The molecule has 61 heavy (non-hydrogen) atoms. The summed E-state index contributed by atoms with van der Waals surface area (Å²) in [6.45, 7) is 3.30. The van der Waals surface area contributed by atoms with Crippen LogP contribution in [0.2, 0.25) is 5.15 Å². The van der Waals surface area contributed by atoms with E-state index in [1.807, 2.05) is 42.5 Å². The number of benzene rings is 4. The summed E-state index contributed by atoms with van der Waals surface area (Å²) in [6, 6.07) is 28.8. The van der Waals surface area contributed by atoms with Crippen LogP contribution in [0.3, 0.4) is 0 Å². The molecule has 0 bridgehead atoms. The quantitative estimate of drug-likeness (QED) is 0.0149. The Bertz CT molecular complexity index is 2240. The van der Waals surface area contributed by atoms with E-state index in [0.717, 1.165) is 53.0 Å². The zero-order chi connectivity index (χ0) is 44.1. The smallest absolute Gasteiger partial charge is 0.445 e. The Morgan fingerprint density at radius 1 is 0.836 bits per heavy atom. The van der Waals surface area contributed by atoms with Crippen molar-refractivity contribution in [2.75, 3.05) is 7.11 Å². The minimum absolute atomic E-state index is 0.0205. The number of carbonyl (C=O) groups is 2. The molecule has 0 aliphatic rings. The Hall–Kier alpha value is -7.09. The van der Waals surface area contributed by atoms with Gasteiger partial charge in [-0.3, -0.25) is 4.79 Å². The second-order valence-corrected chi connectivity index (χ2v) is 13.4. The molecule has 1 heterocycles. The summed E-state index contributed by atoms with van der Waals surface area (Å²) in [5.74, 6) is 6.81. The number of carbonyl (C=O) groups excluding carboxylic acids is 2. The van der Waals surface area contributed by atoms with Gasteiger partial charge in [0.1, 0.15) is 32.3 Å². The molecule has 5 rings (SSSR count). The van der Waals surface area contributed by atoms with Crippen molar-refractivity contribution in [1.82, 2.24) is 14.7 Å². The van der Waals surface area contributed by atoms with E-state index in [1.54, 1.807) is 61.7 Å². The lowest BCUT2D eigenvalue weighted by atomic mass is 9.98. The molecule has 4 aromatic carbocycles. The summed E-state index contributed by atoms with van der Waals surface area (Å²) in [7, 11) is 1.64. The monoisotopic (exact) mass is 860 g/mol. The summed E-state index contributed by atoms with van der Waals surface area (Å²) in [5, 5.41) is 23.6. The molecule has 4 N–H and O–H groups in total. The summed E-state index contributed by atoms with van der Waals surface area (Å²) in [5.41, 5.74) is 13.2. The summed E-state index contributed by atoms with van der Waals surface area (Å²) in [4.78, 5) is 55.8. The van der Waals surface area contributed by atoms with Gasteiger partial charge in [0, 0.05) is 25.6 Å². The third kappa shape index (κ3) is 14.9. The average Bonchev–Trinajstić information content (AvgIpc) is 3.55. The molecule has 0 radical (unpaired) electrons. The van der Waals surface area contributed by atoms with Crippen LogP contribution in [0, 0.1) is 20.2 Å². The van der Waals surface area contributed by atoms with E-state index in [2.05, 4.69) is 36.0 Å². The molecule has 0 aliphatic carbocycles. The lowest BCUT2D eigenvalue weighted by molar-refractivity contribution is -0.763. The lowest BCUT2D eigenvalue weighted by Crippen LogP contribution is -2.35. The van der Waals surface area contributed by atoms with E-state index in [4.69, 9.17) is 32.7 Å². The highest BCUT2D eigenvalue weighted by atomic mass is 35.5. The molecule has 0 aliphatic heterocycles. The highest BCUT2D eigenvalue weighted by Gasteiger charge is 2.17. The molecular weight excluding hydrogens is 816 g/mol. The number of amides is 1. The standard InChI is InChI=1S/C32H36ClN7O6.C9H9NO5/c1-3-4-9-29-36-30(33)28(21-44-2)38(29)18-22-14-16-25(17-15-22)26-7-5-6-8-27(26)31(34)37-39(35)32(41)45-19-23-10-12-24(13-11-23)20-46-40(42)43;11-7-14-5-8-1-3-9(4-2-8)6-15-10(12)13/h5-8,10-17H,3-4,9,18-21,35H2,1-2H3,(H2,34,37);1-4,7H,5-6H2. The number of ether oxygens (including phenoxy) is 3. The molecule has 20 heteroatoms. The highest BCUT2D eigenvalue weighted by Crippen LogP contribution is 2.26. The Balaban J connectivity index is 0.000000460. The number of halogens is 1. The maximum absolute atomic E-state index is 12.5. The van der Waals surface area contributed by atoms with Crippen LogP contribution in [0.1, 0.15) is 64.7 Å². The number of amidine groups is 1. The van der Waals surface area contributed by atoms with Crippen molar-refractivity contribution in [3.8, 4) is 11.1 Å². The van der Waals surface area contributed by atoms with Gasteiger partial charge in [0.05, 0.1) is 12.3 Å². The van der Waals surface area contributed by atoms with Crippen LogP contribution >= 0.6 is 11.6 Å². The van der Waals surface area contributed by atoms with Gasteiger partial charge >= 0.3 is 6.09 Å². The molecule has 1 aromatic heterocycles. The Morgan fingerprint density at radius 2 is 1.38 bits per heavy atom. The third-order valence-corrected chi connectivity index (χ3v) is 9.05. The molecular formula is C41H45ClN8O11. The average molecular weight is 861 g/mol. The van der Waals surface area contributed by atoms with Gasteiger partial charge in [-0.05, 0) is 45.4 Å². The molecule has 5 aromatic rings. The van der Waals surface area contributed by atoms with Gasteiger partial charge in [-0.15, -0.1) is 30.4 Å². The zero-order valence-electron chi connectivity index (χ0n) is 33.4. The summed E-state index contributed by atoms with van der Waals surface area (Å²) in [6.07, 6.45) is 1.97. The highest BCUT2D eigenvalue weighted by molar-refractivity contribution is 6.30. The Morgan fingerprint density at radius 3 is 1.92 bits per heavy atom. The van der Waals surface area contributed by atoms with Crippen molar-refractivity contribution in [2.24, 2.45) is 16.7 Å². The van der Waals surface area contributed by atoms with Crippen LogP contribution in [0.25, 0.3) is 11.1 Å². The van der Waals surface area contributed by atoms with Gasteiger partial charge in [0.25, 0.3) is 16.6 Å². The van der Waals surface area contributed by atoms with Gasteiger partial charge in [0.2, 0.25) is 0 Å². The molecule has 322 valence electrons. The van der Waals surface area contributed by atoms with E-state index in [0.29, 0.717) is 52.1 Å². The van der Waals surface area contributed by atoms with Crippen LogP contribution < -0.4 is 11.6 Å². The van der Waals surface area contributed by atoms with Gasteiger partial charge in [-0.25, -0.2) is 15.6 Å². The maximum Gasteiger partial charge on any atom is 0.445 e. The van der Waals surface area contributed by atoms with Crippen molar-refractivity contribution in [3.63, 3.8) is 0 Å². The first-order valence-electron chi connectivity index (χ1n) is 18.6. The predicted molar refractivity (Wildman–Crippen MR) is 222 cm³/mol. The van der Waals surface area contributed by atoms with Crippen LogP contribution in [-0.4, -0.2) is 50.4 Å². The normalized spacial score (nSPS) is 10.9. The molecule has 0 atom stereocenters. The SMILES string of the molecule is CCCCc1nc(Cl)c(COC)n1Cc1ccc(-c2ccccc2/C(N)=N/N(N)C(=O)OCc2ccc(CO[N+](=O)[O-])cc2)cc1.O=COCc1ccc(CO[N+](=O)[O-])cc1. The maximum atomic E-state index is 12.5. The number of imidazole rings is 1. The van der Waals surface area contributed by atoms with Crippen LogP contribution in [0.15, 0.2) is 102 Å². The fourth-order valence-electron chi connectivity index (χ4n) is 5.69. The number of hydrazine groups is 1. The fourth-order valence-corrected chi connectivity index (χ4v) is 5.95. The van der Waals surface area contributed by atoms with Crippen molar-refractivity contribution in [1.29, 1.82) is 0 Å². The first-order valence-corrected chi connectivity index (χ1v) is 19.0. The van der Waals surface area contributed by atoms with Gasteiger partial charge < -0.3 is 34.2 Å². The molecule has 0 saturated carbocycles. The minimum atomic E-state index is -0.920. The first-order chi connectivity index (χ1) is 29.4. The first kappa shape index (κ1) is 46.6. The lowest BCUT2D eigenvalue weighted by Gasteiger charge is -2.15. The second-order valence-electron chi connectivity index (χ2n) is 13.0. The van der Waals surface area contributed by atoms with Gasteiger partial charge in [0.15, 0.2) is 11.0 Å². The summed E-state index contributed by atoms with van der Waals surface area (Å²) < 4.78 is 17.3. The number of aryl methyl sites for hydroxylation is 1. The summed E-state index contributed by atoms with van der Waals surface area (Å²) >= 11 is 6.45. The molecule has 1 amide bonds. The molecule has 0 spiro atoms. The van der Waals surface area contributed by atoms with Gasteiger partial charge in [-0.1, -0.05) is 122 Å². The van der Waals surface area contributed by atoms with E-state index in [1.165, 1.54) is 0 Å². The predicted octanol–water partition coefficient (Wildman–Crippen LogP) is 6.65. The van der Waals surface area contributed by atoms with E-state index in [9.17, 15) is 29.8 Å². The Kier molecular flexibility index (Phi) is 18.4. The van der Waals surface area contributed by atoms with Crippen LogP contribution in [0.4, 0.5) is 4.79 Å². The zero-order valence-corrected chi connectivity index (χ0v) is 34.1. The largest absolute Gasteiger partial charge is 0.463 e. The third-order valence-electron chi connectivity index (χ3n) is 8.75. The van der Waals surface area contributed by atoms with E-state index in [-0.39, 0.29) is 32.3 Å². The number of aromatic nitrogens is 2. The van der Waals surface area contributed by atoms with E-state index < -0.39 is 16.3 Å². The number of hydrogen-bond donors (Lipinski definition) is 2. The van der Waals surface area contributed by atoms with Crippen molar-refractivity contribution in [3.05, 3.63) is 167 Å². The van der Waals surface area contributed by atoms with Crippen LogP contribution in [-0.2, 0) is 74.7 Å². The van der Waals surface area contributed by atoms with Crippen LogP contribution in [0.5, 0.6) is 0 Å². The molecule has 0 fully saturated rings. The van der Waals surface area contributed by atoms with Crippen molar-refractivity contribution in [2.45, 2.75) is 65.8 Å². The minimum Gasteiger partial charge on any atom is -0.463 e. The topological polar surface area (TPSA) is 252 Å². The second kappa shape index (κ2) is 24.1. The number of unbranched alkanes of at least 4 members (excludes halogenated alkanes) is 1. The van der Waals surface area contributed by atoms with Crippen molar-refractivity contribution >= 4 is 30.0 Å². The van der Waals surface area contributed by atoms with E-state index >= 15 is 0 Å². The Labute approximate surface area is 355 Å². The number of rotatable bonds is 21. The van der Waals surface area contributed by atoms with Gasteiger partial charge in [-0.2, -0.15) is 0 Å². The fraction of sp³-hybridized carbons (Fsp3) is 0.268. The molecule has 19 nitrogen and oxygen atoms in total.